The molecular weight excluding hydrogens is 288 g/mol. The second-order valence-corrected chi connectivity index (χ2v) is 6.63. The molecule has 1 atom stereocenters. The van der Waals surface area contributed by atoms with Gasteiger partial charge in [0.2, 0.25) is 0 Å². The summed E-state index contributed by atoms with van der Waals surface area (Å²) in [5, 5.41) is 0. The van der Waals surface area contributed by atoms with Gasteiger partial charge in [-0.05, 0) is 45.4 Å². The van der Waals surface area contributed by atoms with Crippen LogP contribution in [-0.4, -0.2) is 0 Å². The first kappa shape index (κ1) is 13.6. The third kappa shape index (κ3) is 2.15. The van der Waals surface area contributed by atoms with E-state index in [4.69, 9.17) is 0 Å². The topological polar surface area (TPSA) is 0 Å². The second kappa shape index (κ2) is 5.35. The van der Waals surface area contributed by atoms with Crippen molar-refractivity contribution in [3.63, 3.8) is 0 Å². The maximum absolute atomic E-state index is 2.39. The highest BCUT2D eigenvalue weighted by atomic mass is 14.2. The lowest BCUT2D eigenvalue weighted by molar-refractivity contribution is 1.02. The van der Waals surface area contributed by atoms with Crippen LogP contribution in [0.1, 0.15) is 22.3 Å². The number of rotatable bonds is 2. The molecule has 3 aliphatic rings. The molecule has 0 saturated heterocycles. The van der Waals surface area contributed by atoms with Crippen LogP contribution in [0.25, 0.3) is 17.2 Å². The van der Waals surface area contributed by atoms with E-state index < -0.39 is 0 Å². The number of fused-ring (bicyclic) bond motifs is 2. The minimum Gasteiger partial charge on any atom is -0.0732 e. The van der Waals surface area contributed by atoms with Gasteiger partial charge >= 0.3 is 0 Å². The smallest absolute Gasteiger partial charge is 0.0211 e. The summed E-state index contributed by atoms with van der Waals surface area (Å²) in [5.41, 5.74) is 9.67. The van der Waals surface area contributed by atoms with E-state index in [1.807, 2.05) is 0 Å². The van der Waals surface area contributed by atoms with Crippen molar-refractivity contribution in [3.8, 4) is 0 Å². The Bertz CT molecular complexity index is 977. The molecule has 1 unspecified atom stereocenters. The Morgan fingerprint density at radius 3 is 2.50 bits per heavy atom. The fourth-order valence-corrected chi connectivity index (χ4v) is 3.93. The van der Waals surface area contributed by atoms with Gasteiger partial charge in [0, 0.05) is 5.92 Å². The van der Waals surface area contributed by atoms with Gasteiger partial charge in [-0.2, -0.15) is 0 Å². The average Bonchev–Trinajstić information content (AvgIpc) is 3.25. The summed E-state index contributed by atoms with van der Waals surface area (Å²) in [6.45, 7) is 0. The number of hydrogen-bond donors (Lipinski definition) is 0. The molecule has 0 heterocycles. The Morgan fingerprint density at radius 1 is 0.792 bits per heavy atom. The van der Waals surface area contributed by atoms with Crippen LogP contribution >= 0.6 is 0 Å². The molecule has 24 heavy (non-hydrogen) atoms. The van der Waals surface area contributed by atoms with E-state index in [0.717, 1.165) is 6.42 Å². The molecule has 0 N–H and O–H groups in total. The molecule has 0 heteroatoms. The fraction of sp³-hybridized carbons (Fsp3) is 0.0833. The predicted molar refractivity (Wildman–Crippen MR) is 102 cm³/mol. The summed E-state index contributed by atoms with van der Waals surface area (Å²) >= 11 is 0. The zero-order valence-electron chi connectivity index (χ0n) is 13.4. The van der Waals surface area contributed by atoms with E-state index in [2.05, 4.69) is 91.1 Å². The van der Waals surface area contributed by atoms with Crippen molar-refractivity contribution in [1.82, 2.24) is 0 Å². The first-order valence-electron chi connectivity index (χ1n) is 8.55. The molecule has 2 aromatic carbocycles. The van der Waals surface area contributed by atoms with Crippen LogP contribution in [0.15, 0.2) is 90.6 Å². The van der Waals surface area contributed by atoms with Gasteiger partial charge in [0.1, 0.15) is 0 Å². The highest BCUT2D eigenvalue weighted by Gasteiger charge is 2.21. The van der Waals surface area contributed by atoms with Crippen molar-refractivity contribution in [3.05, 3.63) is 113 Å². The molecule has 0 fully saturated rings. The number of hydrogen-bond acceptors (Lipinski definition) is 0. The first-order valence-corrected chi connectivity index (χ1v) is 8.55. The van der Waals surface area contributed by atoms with E-state index >= 15 is 0 Å². The van der Waals surface area contributed by atoms with Gasteiger partial charge in [-0.15, -0.1) is 0 Å². The van der Waals surface area contributed by atoms with Gasteiger partial charge in [-0.25, -0.2) is 0 Å². The lowest BCUT2D eigenvalue weighted by Crippen LogP contribution is -1.93. The van der Waals surface area contributed by atoms with Gasteiger partial charge in [0.15, 0.2) is 0 Å². The van der Waals surface area contributed by atoms with Crippen LogP contribution in [0, 0.1) is 5.92 Å². The highest BCUT2D eigenvalue weighted by molar-refractivity contribution is 5.94. The highest BCUT2D eigenvalue weighted by Crippen LogP contribution is 2.39. The quantitative estimate of drug-likeness (QED) is 0.653. The van der Waals surface area contributed by atoms with Crippen LogP contribution in [0.4, 0.5) is 0 Å². The molecule has 0 radical (unpaired) electrons. The summed E-state index contributed by atoms with van der Waals surface area (Å²) in [7, 11) is 0. The van der Waals surface area contributed by atoms with Crippen LogP contribution in [-0.2, 0) is 6.42 Å². The predicted octanol–water partition coefficient (Wildman–Crippen LogP) is 5.85. The van der Waals surface area contributed by atoms with E-state index in [9.17, 15) is 0 Å². The first-order chi connectivity index (χ1) is 11.9. The van der Waals surface area contributed by atoms with Crippen LogP contribution in [0.3, 0.4) is 0 Å². The lowest BCUT2D eigenvalue weighted by Gasteiger charge is -2.10. The van der Waals surface area contributed by atoms with Gasteiger partial charge in [0.05, 0.1) is 0 Å². The molecule has 0 nitrogen and oxygen atoms in total. The molecule has 114 valence electrons. The van der Waals surface area contributed by atoms with Crippen LogP contribution < -0.4 is 0 Å². The Balaban J connectivity index is 1.58. The normalized spacial score (nSPS) is 20.3. The number of allylic oxidation sites excluding steroid dienone is 9. The molecule has 0 amide bonds. The van der Waals surface area contributed by atoms with Crippen molar-refractivity contribution in [2.24, 2.45) is 5.92 Å². The number of benzene rings is 2. The van der Waals surface area contributed by atoms with E-state index in [-0.39, 0.29) is 0 Å². The van der Waals surface area contributed by atoms with Crippen molar-refractivity contribution in [2.75, 3.05) is 0 Å². The molecule has 3 aliphatic carbocycles. The van der Waals surface area contributed by atoms with E-state index in [1.165, 1.54) is 39.0 Å². The maximum Gasteiger partial charge on any atom is 0.0211 e. The van der Waals surface area contributed by atoms with Crippen molar-refractivity contribution in [2.45, 2.75) is 6.42 Å². The fourth-order valence-electron chi connectivity index (χ4n) is 3.93. The molecule has 0 spiro atoms. The van der Waals surface area contributed by atoms with Gasteiger partial charge in [0.25, 0.3) is 0 Å². The van der Waals surface area contributed by atoms with E-state index in [0.29, 0.717) is 5.92 Å². The van der Waals surface area contributed by atoms with Gasteiger partial charge < -0.3 is 0 Å². The Labute approximate surface area is 142 Å². The minimum absolute atomic E-state index is 0.438. The SMILES string of the molecule is C1=CC2=CC(c3ccccc3C3=Cc4ccccc4C3)=CC2C=C1. The zero-order valence-corrected chi connectivity index (χ0v) is 13.4. The molecule has 0 bridgehead atoms. The average molecular weight is 306 g/mol. The molecule has 0 saturated carbocycles. The Hall–Kier alpha value is -2.86. The monoisotopic (exact) mass is 306 g/mol. The molecule has 5 rings (SSSR count). The Kier molecular flexibility index (Phi) is 3.02. The van der Waals surface area contributed by atoms with Gasteiger partial charge in [-0.3, -0.25) is 0 Å². The maximum atomic E-state index is 2.39. The zero-order chi connectivity index (χ0) is 15.9. The third-order valence-electron chi connectivity index (χ3n) is 5.13. The summed E-state index contributed by atoms with van der Waals surface area (Å²) in [6, 6.07) is 17.5. The lowest BCUT2D eigenvalue weighted by atomic mass is 9.93. The molecule has 0 aliphatic heterocycles. The van der Waals surface area contributed by atoms with E-state index in [1.54, 1.807) is 0 Å². The van der Waals surface area contributed by atoms with Crippen LogP contribution in [0.2, 0.25) is 0 Å². The largest absolute Gasteiger partial charge is 0.0732 e. The van der Waals surface area contributed by atoms with Gasteiger partial charge in [-0.1, -0.05) is 91.1 Å². The van der Waals surface area contributed by atoms with Crippen molar-refractivity contribution < 1.29 is 0 Å². The van der Waals surface area contributed by atoms with Crippen LogP contribution in [0.5, 0.6) is 0 Å². The summed E-state index contributed by atoms with van der Waals surface area (Å²) in [5.74, 6) is 0.438. The summed E-state index contributed by atoms with van der Waals surface area (Å²) < 4.78 is 0. The summed E-state index contributed by atoms with van der Waals surface area (Å²) in [4.78, 5) is 0. The molecule has 2 aromatic rings. The third-order valence-corrected chi connectivity index (χ3v) is 5.13. The molecule has 0 aromatic heterocycles. The second-order valence-electron chi connectivity index (χ2n) is 6.63. The summed E-state index contributed by atoms with van der Waals surface area (Å²) in [6.07, 6.45) is 16.9. The van der Waals surface area contributed by atoms with Crippen molar-refractivity contribution >= 4 is 17.2 Å². The minimum atomic E-state index is 0.438. The van der Waals surface area contributed by atoms with Crippen molar-refractivity contribution in [1.29, 1.82) is 0 Å². The standard InChI is InChI=1S/C24H18/c1-2-8-18-14-21(13-17(18)7-1)23-11-5-6-12-24(23)22-15-19-9-3-4-10-20(19)16-22/h1-15,17H,16H2. The molecular formula is C24H18. The Morgan fingerprint density at radius 2 is 1.62 bits per heavy atom.